The molecule has 3 nitrogen and oxygen atoms in total. The van der Waals surface area contributed by atoms with E-state index in [1.165, 1.54) is 12.0 Å². The first-order valence-electron chi connectivity index (χ1n) is 6.97. The maximum Gasteiger partial charge on any atom is 0.122 e. The number of benzene rings is 1. The fraction of sp³-hybridized carbons (Fsp3) is 0.600. The first-order chi connectivity index (χ1) is 8.79. The predicted octanol–water partition coefficient (Wildman–Crippen LogP) is 2.43. The van der Waals surface area contributed by atoms with Crippen LogP contribution in [0, 0.1) is 11.8 Å². The third-order valence-corrected chi connectivity index (χ3v) is 4.52. The van der Waals surface area contributed by atoms with E-state index in [4.69, 9.17) is 10.6 Å². The lowest BCUT2D eigenvalue weighted by atomic mass is 9.86. The first kappa shape index (κ1) is 12.0. The topological polar surface area (TPSA) is 47.3 Å². The summed E-state index contributed by atoms with van der Waals surface area (Å²) in [5, 5.41) is 0. The SMILES string of the molecule is CC1CC1C(CC1CCOc2ccccc21)NN. The number of hydrazine groups is 1. The molecular formula is C15H22N2O. The molecule has 4 unspecified atom stereocenters. The lowest BCUT2D eigenvalue weighted by Gasteiger charge is -2.29. The van der Waals surface area contributed by atoms with E-state index >= 15 is 0 Å². The first-order valence-corrected chi connectivity index (χ1v) is 6.97. The van der Waals surface area contributed by atoms with Crippen LogP contribution in [0.3, 0.4) is 0 Å². The minimum Gasteiger partial charge on any atom is -0.493 e. The number of rotatable bonds is 4. The monoisotopic (exact) mass is 246 g/mol. The minimum absolute atomic E-state index is 0.455. The summed E-state index contributed by atoms with van der Waals surface area (Å²) in [7, 11) is 0. The van der Waals surface area contributed by atoms with E-state index in [-0.39, 0.29) is 0 Å². The van der Waals surface area contributed by atoms with Crippen LogP contribution < -0.4 is 16.0 Å². The van der Waals surface area contributed by atoms with Gasteiger partial charge in [0.2, 0.25) is 0 Å². The van der Waals surface area contributed by atoms with Crippen molar-refractivity contribution in [2.75, 3.05) is 6.61 Å². The molecule has 4 atom stereocenters. The van der Waals surface area contributed by atoms with Crippen molar-refractivity contribution in [2.45, 2.75) is 38.1 Å². The second-order valence-corrected chi connectivity index (χ2v) is 5.76. The van der Waals surface area contributed by atoms with Gasteiger partial charge in [0.1, 0.15) is 5.75 Å². The van der Waals surface area contributed by atoms with Crippen LogP contribution in [0.1, 0.15) is 37.7 Å². The molecule has 1 aromatic rings. The Morgan fingerprint density at radius 3 is 2.94 bits per heavy atom. The van der Waals surface area contributed by atoms with E-state index in [1.807, 2.05) is 6.07 Å². The van der Waals surface area contributed by atoms with Crippen LogP contribution in [0.4, 0.5) is 0 Å². The highest BCUT2D eigenvalue weighted by Crippen LogP contribution is 2.45. The van der Waals surface area contributed by atoms with Crippen molar-refractivity contribution < 1.29 is 4.74 Å². The Kier molecular flexibility index (Phi) is 3.27. The number of nitrogens with two attached hydrogens (primary N) is 1. The zero-order valence-electron chi connectivity index (χ0n) is 10.9. The summed E-state index contributed by atoms with van der Waals surface area (Å²) in [5.41, 5.74) is 4.39. The zero-order valence-corrected chi connectivity index (χ0v) is 10.9. The van der Waals surface area contributed by atoms with Crippen LogP contribution in [-0.2, 0) is 0 Å². The molecule has 0 radical (unpaired) electrons. The largest absolute Gasteiger partial charge is 0.493 e. The molecule has 0 amide bonds. The molecule has 0 spiro atoms. The Morgan fingerprint density at radius 1 is 1.44 bits per heavy atom. The van der Waals surface area contributed by atoms with Crippen molar-refractivity contribution >= 4 is 0 Å². The number of hydrogen-bond acceptors (Lipinski definition) is 3. The van der Waals surface area contributed by atoms with Crippen molar-refractivity contribution in [3.63, 3.8) is 0 Å². The molecule has 0 bridgehead atoms. The number of ether oxygens (including phenoxy) is 1. The van der Waals surface area contributed by atoms with Crippen LogP contribution in [0.2, 0.25) is 0 Å². The number of nitrogens with one attached hydrogen (secondary N) is 1. The van der Waals surface area contributed by atoms with Crippen molar-refractivity contribution in [2.24, 2.45) is 17.7 Å². The highest BCUT2D eigenvalue weighted by atomic mass is 16.5. The Balaban J connectivity index is 1.73. The average Bonchev–Trinajstić information content (AvgIpc) is 3.13. The molecule has 3 heteroatoms. The average molecular weight is 246 g/mol. The molecule has 1 saturated carbocycles. The van der Waals surface area contributed by atoms with Crippen LogP contribution >= 0.6 is 0 Å². The fourth-order valence-corrected chi connectivity index (χ4v) is 3.25. The van der Waals surface area contributed by atoms with Gasteiger partial charge in [-0.3, -0.25) is 11.3 Å². The van der Waals surface area contributed by atoms with E-state index in [2.05, 4.69) is 30.5 Å². The lowest BCUT2D eigenvalue weighted by Crippen LogP contribution is -2.39. The van der Waals surface area contributed by atoms with E-state index in [9.17, 15) is 0 Å². The molecule has 0 aromatic heterocycles. The van der Waals surface area contributed by atoms with Crippen LogP contribution in [0.25, 0.3) is 0 Å². The Hall–Kier alpha value is -1.06. The zero-order chi connectivity index (χ0) is 12.5. The molecular weight excluding hydrogens is 224 g/mol. The van der Waals surface area contributed by atoms with Gasteiger partial charge in [-0.25, -0.2) is 0 Å². The molecule has 1 aliphatic carbocycles. The highest BCUT2D eigenvalue weighted by Gasteiger charge is 2.40. The summed E-state index contributed by atoms with van der Waals surface area (Å²) >= 11 is 0. The van der Waals surface area contributed by atoms with Gasteiger partial charge in [0.05, 0.1) is 6.61 Å². The third kappa shape index (κ3) is 2.25. The lowest BCUT2D eigenvalue weighted by molar-refractivity contribution is 0.250. The standard InChI is InChI=1S/C15H22N2O/c1-10-8-13(10)14(17-16)9-11-6-7-18-15-5-3-2-4-12(11)15/h2-5,10-11,13-14,17H,6-9,16H2,1H3. The maximum atomic E-state index is 5.73. The Labute approximate surface area is 109 Å². The highest BCUT2D eigenvalue weighted by molar-refractivity contribution is 5.37. The van der Waals surface area contributed by atoms with Gasteiger partial charge in [-0.2, -0.15) is 0 Å². The molecule has 18 heavy (non-hydrogen) atoms. The molecule has 1 aliphatic heterocycles. The summed E-state index contributed by atoms with van der Waals surface area (Å²) in [6.45, 7) is 3.14. The molecule has 2 aliphatic rings. The predicted molar refractivity (Wildman–Crippen MR) is 72.3 cm³/mol. The van der Waals surface area contributed by atoms with Crippen molar-refractivity contribution in [1.82, 2.24) is 5.43 Å². The summed E-state index contributed by atoms with van der Waals surface area (Å²) < 4.78 is 5.71. The van der Waals surface area contributed by atoms with Gasteiger partial charge in [0.25, 0.3) is 0 Å². The summed E-state index contributed by atoms with van der Waals surface area (Å²) in [6, 6.07) is 8.87. The number of fused-ring (bicyclic) bond motifs is 1. The van der Waals surface area contributed by atoms with E-state index < -0.39 is 0 Å². The van der Waals surface area contributed by atoms with Gasteiger partial charge in [0.15, 0.2) is 0 Å². The van der Waals surface area contributed by atoms with E-state index in [0.717, 1.165) is 37.0 Å². The molecule has 1 fully saturated rings. The van der Waals surface area contributed by atoms with Crippen LogP contribution in [-0.4, -0.2) is 12.6 Å². The minimum atomic E-state index is 0.455. The summed E-state index contributed by atoms with van der Waals surface area (Å²) in [5.74, 6) is 8.98. The number of para-hydroxylation sites is 1. The second kappa shape index (κ2) is 4.90. The Morgan fingerprint density at radius 2 is 2.22 bits per heavy atom. The molecule has 1 heterocycles. The number of hydrogen-bond donors (Lipinski definition) is 2. The maximum absolute atomic E-state index is 5.73. The quantitative estimate of drug-likeness (QED) is 0.633. The van der Waals surface area contributed by atoms with Gasteiger partial charge in [-0.05, 0) is 48.6 Å². The molecule has 98 valence electrons. The molecule has 1 aromatic carbocycles. The van der Waals surface area contributed by atoms with Gasteiger partial charge < -0.3 is 4.74 Å². The van der Waals surface area contributed by atoms with E-state index in [1.54, 1.807) is 0 Å². The van der Waals surface area contributed by atoms with Crippen molar-refractivity contribution in [3.8, 4) is 5.75 Å². The van der Waals surface area contributed by atoms with Gasteiger partial charge >= 0.3 is 0 Å². The molecule has 3 N–H and O–H groups in total. The second-order valence-electron chi connectivity index (χ2n) is 5.76. The Bertz CT molecular complexity index is 421. The van der Waals surface area contributed by atoms with Crippen molar-refractivity contribution in [3.05, 3.63) is 29.8 Å². The normalized spacial score (nSPS) is 31.3. The van der Waals surface area contributed by atoms with Gasteiger partial charge in [-0.1, -0.05) is 25.1 Å². The third-order valence-electron chi connectivity index (χ3n) is 4.52. The fourth-order valence-electron chi connectivity index (χ4n) is 3.25. The van der Waals surface area contributed by atoms with Crippen LogP contribution in [0.15, 0.2) is 24.3 Å². The van der Waals surface area contributed by atoms with Crippen LogP contribution in [0.5, 0.6) is 5.75 Å². The van der Waals surface area contributed by atoms with E-state index in [0.29, 0.717) is 12.0 Å². The summed E-state index contributed by atoms with van der Waals surface area (Å²) in [6.07, 6.45) is 3.56. The van der Waals surface area contributed by atoms with Gasteiger partial charge in [0, 0.05) is 6.04 Å². The molecule has 0 saturated heterocycles. The van der Waals surface area contributed by atoms with Crippen molar-refractivity contribution in [1.29, 1.82) is 0 Å². The van der Waals surface area contributed by atoms with Gasteiger partial charge in [-0.15, -0.1) is 0 Å². The molecule has 3 rings (SSSR count). The summed E-state index contributed by atoms with van der Waals surface area (Å²) in [4.78, 5) is 0. The smallest absolute Gasteiger partial charge is 0.122 e.